The SMILES string of the molecule is CCC(C)CC1(CC)C(N)=NC(=O)N1C(C)C. The number of hydrogen-bond donors (Lipinski definition) is 1. The van der Waals surface area contributed by atoms with Crippen LogP contribution in [0.25, 0.3) is 0 Å². The molecule has 0 aromatic rings. The molecule has 1 heterocycles. The molecule has 17 heavy (non-hydrogen) atoms. The van der Waals surface area contributed by atoms with Gasteiger partial charge in [0, 0.05) is 6.04 Å². The summed E-state index contributed by atoms with van der Waals surface area (Å²) in [5, 5.41) is 0. The minimum atomic E-state index is -0.360. The lowest BCUT2D eigenvalue weighted by Crippen LogP contribution is -2.57. The molecular formula is C13H25N3O. The Morgan fingerprint density at radius 1 is 1.35 bits per heavy atom. The Kier molecular flexibility index (Phi) is 4.17. The van der Waals surface area contributed by atoms with Gasteiger partial charge >= 0.3 is 6.03 Å². The van der Waals surface area contributed by atoms with Gasteiger partial charge in [-0.05, 0) is 32.6 Å². The molecule has 0 aliphatic carbocycles. The van der Waals surface area contributed by atoms with Gasteiger partial charge in [0.05, 0.1) is 0 Å². The second-order valence-corrected chi connectivity index (χ2v) is 5.35. The first-order valence-electron chi connectivity index (χ1n) is 6.57. The molecule has 98 valence electrons. The van der Waals surface area contributed by atoms with Gasteiger partial charge in [-0.3, -0.25) is 0 Å². The maximum absolute atomic E-state index is 11.9. The van der Waals surface area contributed by atoms with Crippen molar-refractivity contribution in [2.45, 2.75) is 65.5 Å². The molecule has 4 nitrogen and oxygen atoms in total. The second-order valence-electron chi connectivity index (χ2n) is 5.35. The van der Waals surface area contributed by atoms with Crippen LogP contribution in [0.5, 0.6) is 0 Å². The first-order chi connectivity index (χ1) is 7.89. The molecule has 0 fully saturated rings. The Hall–Kier alpha value is -1.06. The first-order valence-corrected chi connectivity index (χ1v) is 6.57. The van der Waals surface area contributed by atoms with Gasteiger partial charge < -0.3 is 10.6 Å². The molecule has 1 aliphatic rings. The summed E-state index contributed by atoms with van der Waals surface area (Å²) >= 11 is 0. The zero-order valence-corrected chi connectivity index (χ0v) is 11.7. The summed E-state index contributed by atoms with van der Waals surface area (Å²) in [4.78, 5) is 17.8. The van der Waals surface area contributed by atoms with Crippen LogP contribution in [0.3, 0.4) is 0 Å². The summed E-state index contributed by atoms with van der Waals surface area (Å²) in [6.07, 6.45) is 2.82. The number of carbonyl (C=O) groups is 1. The molecule has 1 rings (SSSR count). The predicted molar refractivity (Wildman–Crippen MR) is 71.1 cm³/mol. The molecule has 0 bridgehead atoms. The smallest absolute Gasteiger partial charge is 0.346 e. The van der Waals surface area contributed by atoms with Gasteiger partial charge in [0.25, 0.3) is 0 Å². The Labute approximate surface area is 104 Å². The van der Waals surface area contributed by atoms with E-state index in [1.54, 1.807) is 0 Å². The number of carbonyl (C=O) groups excluding carboxylic acids is 1. The molecule has 1 aliphatic heterocycles. The minimum Gasteiger partial charge on any atom is -0.385 e. The fraction of sp³-hybridized carbons (Fsp3) is 0.846. The molecule has 0 spiro atoms. The predicted octanol–water partition coefficient (Wildman–Crippen LogP) is 2.77. The van der Waals surface area contributed by atoms with Crippen LogP contribution in [-0.2, 0) is 0 Å². The van der Waals surface area contributed by atoms with Crippen LogP contribution in [0, 0.1) is 5.92 Å². The van der Waals surface area contributed by atoms with Gasteiger partial charge in [-0.15, -0.1) is 0 Å². The molecular weight excluding hydrogens is 214 g/mol. The highest BCUT2D eigenvalue weighted by Crippen LogP contribution is 2.35. The van der Waals surface area contributed by atoms with E-state index in [1.807, 2.05) is 18.7 Å². The largest absolute Gasteiger partial charge is 0.385 e. The highest BCUT2D eigenvalue weighted by Gasteiger charge is 2.48. The fourth-order valence-corrected chi connectivity index (χ4v) is 2.70. The summed E-state index contributed by atoms with van der Waals surface area (Å²) in [5.41, 5.74) is 5.67. The van der Waals surface area contributed by atoms with E-state index in [-0.39, 0.29) is 17.6 Å². The van der Waals surface area contributed by atoms with Crippen LogP contribution in [0.2, 0.25) is 0 Å². The third-order valence-electron chi connectivity index (χ3n) is 3.84. The van der Waals surface area contributed by atoms with Gasteiger partial charge in [-0.2, -0.15) is 4.99 Å². The zero-order valence-electron chi connectivity index (χ0n) is 11.7. The first kappa shape index (κ1) is 14.0. The quantitative estimate of drug-likeness (QED) is 0.802. The molecule has 4 heteroatoms. The average Bonchev–Trinajstić information content (AvgIpc) is 2.50. The zero-order chi connectivity index (χ0) is 13.2. The van der Waals surface area contributed by atoms with Crippen molar-refractivity contribution in [1.82, 2.24) is 4.90 Å². The Morgan fingerprint density at radius 3 is 2.35 bits per heavy atom. The number of urea groups is 1. The van der Waals surface area contributed by atoms with E-state index in [4.69, 9.17) is 5.73 Å². The molecule has 0 radical (unpaired) electrons. The second kappa shape index (κ2) is 5.07. The third kappa shape index (κ3) is 2.31. The van der Waals surface area contributed by atoms with E-state index < -0.39 is 0 Å². The molecule has 0 saturated heterocycles. The number of aliphatic imine (C=N–C) groups is 1. The van der Waals surface area contributed by atoms with Crippen molar-refractivity contribution in [3.63, 3.8) is 0 Å². The van der Waals surface area contributed by atoms with Gasteiger partial charge in [0.2, 0.25) is 0 Å². The number of nitrogens with two attached hydrogens (primary N) is 1. The van der Waals surface area contributed by atoms with Gasteiger partial charge in [0.1, 0.15) is 11.4 Å². The summed E-state index contributed by atoms with van der Waals surface area (Å²) in [6, 6.07) is -0.0426. The normalized spacial score (nSPS) is 26.6. The lowest BCUT2D eigenvalue weighted by atomic mass is 9.82. The van der Waals surface area contributed by atoms with E-state index in [2.05, 4.69) is 25.8 Å². The van der Waals surface area contributed by atoms with Crippen LogP contribution >= 0.6 is 0 Å². The summed E-state index contributed by atoms with van der Waals surface area (Å²) < 4.78 is 0. The van der Waals surface area contributed by atoms with Gasteiger partial charge in [-0.1, -0.05) is 27.2 Å². The van der Waals surface area contributed by atoms with Crippen LogP contribution in [0.15, 0.2) is 4.99 Å². The van der Waals surface area contributed by atoms with Crippen LogP contribution in [0.1, 0.15) is 53.9 Å². The topological polar surface area (TPSA) is 58.7 Å². The van der Waals surface area contributed by atoms with Crippen molar-refractivity contribution in [3.8, 4) is 0 Å². The lowest BCUT2D eigenvalue weighted by molar-refractivity contribution is 0.126. The summed E-state index contributed by atoms with van der Waals surface area (Å²) in [6.45, 7) is 10.5. The lowest BCUT2D eigenvalue weighted by Gasteiger charge is -2.41. The highest BCUT2D eigenvalue weighted by molar-refractivity contribution is 6.05. The van der Waals surface area contributed by atoms with E-state index >= 15 is 0 Å². The van der Waals surface area contributed by atoms with E-state index in [0.717, 1.165) is 19.3 Å². The van der Waals surface area contributed by atoms with E-state index in [0.29, 0.717) is 11.8 Å². The molecule has 2 N–H and O–H groups in total. The number of hydrogen-bond acceptors (Lipinski definition) is 2. The van der Waals surface area contributed by atoms with Crippen molar-refractivity contribution in [3.05, 3.63) is 0 Å². The Bertz CT molecular complexity index is 325. The van der Waals surface area contributed by atoms with Crippen molar-refractivity contribution < 1.29 is 4.79 Å². The van der Waals surface area contributed by atoms with Crippen LogP contribution in [-0.4, -0.2) is 28.3 Å². The number of rotatable bonds is 5. The molecule has 0 saturated carbocycles. The highest BCUT2D eigenvalue weighted by atomic mass is 16.2. The summed E-state index contributed by atoms with van der Waals surface area (Å²) in [7, 11) is 0. The fourth-order valence-electron chi connectivity index (χ4n) is 2.70. The molecule has 2 amide bonds. The minimum absolute atomic E-state index is 0.135. The van der Waals surface area contributed by atoms with Gasteiger partial charge in [0.15, 0.2) is 0 Å². The Balaban J connectivity index is 3.09. The van der Waals surface area contributed by atoms with E-state index in [1.165, 1.54) is 0 Å². The molecule has 0 aromatic carbocycles. The maximum Gasteiger partial charge on any atom is 0.346 e. The Morgan fingerprint density at radius 2 is 1.94 bits per heavy atom. The maximum atomic E-state index is 11.9. The molecule has 2 unspecified atom stereocenters. The number of amidine groups is 1. The van der Waals surface area contributed by atoms with Crippen LogP contribution < -0.4 is 5.73 Å². The average molecular weight is 239 g/mol. The number of nitrogens with zero attached hydrogens (tertiary/aromatic N) is 2. The summed E-state index contributed by atoms with van der Waals surface area (Å²) in [5.74, 6) is 1.04. The van der Waals surface area contributed by atoms with E-state index in [9.17, 15) is 4.79 Å². The van der Waals surface area contributed by atoms with Gasteiger partial charge in [-0.25, -0.2) is 4.79 Å². The third-order valence-corrected chi connectivity index (χ3v) is 3.84. The van der Waals surface area contributed by atoms with Crippen molar-refractivity contribution in [2.24, 2.45) is 16.6 Å². The monoisotopic (exact) mass is 239 g/mol. The standard InChI is InChI=1S/C13H25N3O/c1-6-10(5)8-13(7-2)11(14)15-12(17)16(13)9(3)4/h9-10H,6-8H2,1-5H3,(H2,14,15,17). The van der Waals surface area contributed by atoms with Crippen molar-refractivity contribution in [2.75, 3.05) is 0 Å². The van der Waals surface area contributed by atoms with Crippen LogP contribution in [0.4, 0.5) is 4.79 Å². The molecule has 0 aromatic heterocycles. The van der Waals surface area contributed by atoms with Crippen molar-refractivity contribution in [1.29, 1.82) is 0 Å². The van der Waals surface area contributed by atoms with Crippen molar-refractivity contribution >= 4 is 11.9 Å². The molecule has 2 atom stereocenters. The number of amides is 2.